The number of hydrogen-bond acceptors (Lipinski definition) is 3. The van der Waals surface area contributed by atoms with Gasteiger partial charge in [0, 0.05) is 42.0 Å². The van der Waals surface area contributed by atoms with Crippen LogP contribution >= 0.6 is 0 Å². The molecule has 2 heterocycles. The van der Waals surface area contributed by atoms with Gasteiger partial charge in [-0.15, -0.1) is 0 Å². The van der Waals surface area contributed by atoms with Crippen LogP contribution in [-0.4, -0.2) is 22.0 Å². The zero-order valence-electron chi connectivity index (χ0n) is 15.2. The monoisotopic (exact) mass is 361 g/mol. The predicted molar refractivity (Wildman–Crippen MR) is 106 cm³/mol. The molecular formula is C22H23N3O2. The van der Waals surface area contributed by atoms with Gasteiger partial charge in [0.05, 0.1) is 5.52 Å². The average Bonchev–Trinajstić information content (AvgIpc) is 3.20. The summed E-state index contributed by atoms with van der Waals surface area (Å²) in [5, 5.41) is 3.77. The third-order valence-corrected chi connectivity index (χ3v) is 5.68. The molecule has 138 valence electrons. The van der Waals surface area contributed by atoms with Gasteiger partial charge in [0.1, 0.15) is 6.54 Å². The zero-order chi connectivity index (χ0) is 18.7. The minimum Gasteiger partial charge on any atom is -0.354 e. The van der Waals surface area contributed by atoms with Gasteiger partial charge in [-0.05, 0) is 42.7 Å². The van der Waals surface area contributed by atoms with E-state index in [9.17, 15) is 9.59 Å². The fourth-order valence-corrected chi connectivity index (χ4v) is 4.20. The Morgan fingerprint density at radius 2 is 1.81 bits per heavy atom. The van der Waals surface area contributed by atoms with Crippen LogP contribution < -0.4 is 10.7 Å². The lowest BCUT2D eigenvalue weighted by Crippen LogP contribution is -2.40. The molecule has 1 aliphatic carbocycles. The van der Waals surface area contributed by atoms with Crippen LogP contribution in [-0.2, 0) is 16.8 Å². The molecule has 0 radical (unpaired) electrons. The van der Waals surface area contributed by atoms with Crippen LogP contribution in [0.5, 0.6) is 0 Å². The number of pyridine rings is 2. The number of rotatable bonds is 5. The highest BCUT2D eigenvalue weighted by molar-refractivity contribution is 5.82. The van der Waals surface area contributed by atoms with E-state index in [0.29, 0.717) is 11.9 Å². The Labute approximate surface area is 158 Å². The molecule has 5 heteroatoms. The number of carbonyl (C=O) groups excluding carboxylic acids is 1. The maximum atomic E-state index is 12.6. The Morgan fingerprint density at radius 1 is 1.07 bits per heavy atom. The third kappa shape index (κ3) is 3.50. The van der Waals surface area contributed by atoms with Crippen LogP contribution in [0.1, 0.15) is 31.2 Å². The quantitative estimate of drug-likeness (QED) is 0.760. The average molecular weight is 361 g/mol. The number of hydrogen-bond donors (Lipinski definition) is 1. The van der Waals surface area contributed by atoms with Crippen molar-refractivity contribution >= 4 is 16.8 Å². The van der Waals surface area contributed by atoms with E-state index in [1.165, 1.54) is 24.5 Å². The Bertz CT molecular complexity index is 1000. The van der Waals surface area contributed by atoms with E-state index < -0.39 is 0 Å². The molecule has 0 atom stereocenters. The molecular weight excluding hydrogens is 338 g/mol. The highest BCUT2D eigenvalue weighted by Crippen LogP contribution is 2.40. The molecule has 0 aliphatic heterocycles. The number of amides is 1. The molecule has 3 aromatic rings. The second kappa shape index (κ2) is 7.35. The Balaban J connectivity index is 1.50. The summed E-state index contributed by atoms with van der Waals surface area (Å²) < 4.78 is 1.83. The van der Waals surface area contributed by atoms with E-state index in [4.69, 9.17) is 0 Å². The molecule has 4 rings (SSSR count). The lowest BCUT2D eigenvalue weighted by Gasteiger charge is -2.30. The summed E-state index contributed by atoms with van der Waals surface area (Å²) >= 11 is 0. The minimum atomic E-state index is -0.0378. The first kappa shape index (κ1) is 17.5. The second-order valence-electron chi connectivity index (χ2n) is 7.33. The van der Waals surface area contributed by atoms with E-state index in [0.717, 1.165) is 18.4 Å². The molecule has 1 N–H and O–H groups in total. The maximum Gasteiger partial charge on any atom is 0.239 e. The summed E-state index contributed by atoms with van der Waals surface area (Å²) in [4.78, 5) is 28.8. The number of fused-ring (bicyclic) bond motifs is 1. The number of carbonyl (C=O) groups is 1. The van der Waals surface area contributed by atoms with E-state index in [1.807, 2.05) is 35.2 Å². The van der Waals surface area contributed by atoms with Crippen LogP contribution in [0, 0.1) is 0 Å². The van der Waals surface area contributed by atoms with Gasteiger partial charge in [0.15, 0.2) is 5.43 Å². The molecule has 27 heavy (non-hydrogen) atoms. The van der Waals surface area contributed by atoms with E-state index in [2.05, 4.69) is 22.4 Å². The van der Waals surface area contributed by atoms with Gasteiger partial charge in [-0.2, -0.15) is 0 Å². The fourth-order valence-electron chi connectivity index (χ4n) is 4.20. The van der Waals surface area contributed by atoms with Crippen LogP contribution in [0.4, 0.5) is 0 Å². The summed E-state index contributed by atoms with van der Waals surface area (Å²) in [6.07, 6.45) is 9.87. The van der Waals surface area contributed by atoms with Crippen molar-refractivity contribution in [1.82, 2.24) is 14.9 Å². The molecule has 0 unspecified atom stereocenters. The van der Waals surface area contributed by atoms with Gasteiger partial charge in [0.2, 0.25) is 5.91 Å². The minimum absolute atomic E-state index is 0.00418. The van der Waals surface area contributed by atoms with Crippen LogP contribution in [0.15, 0.2) is 65.8 Å². The predicted octanol–water partition coefficient (Wildman–Crippen LogP) is 3.02. The number of nitrogens with zero attached hydrogens (tertiary/aromatic N) is 2. The lowest BCUT2D eigenvalue weighted by molar-refractivity contribution is -0.121. The molecule has 0 bridgehead atoms. The summed E-state index contributed by atoms with van der Waals surface area (Å²) in [5.74, 6) is -0.0378. The zero-order valence-corrected chi connectivity index (χ0v) is 15.2. The summed E-state index contributed by atoms with van der Waals surface area (Å²) in [6, 6.07) is 13.0. The van der Waals surface area contributed by atoms with Crippen molar-refractivity contribution in [2.24, 2.45) is 0 Å². The van der Waals surface area contributed by atoms with Gasteiger partial charge in [-0.3, -0.25) is 14.6 Å². The SMILES string of the molecule is O=C(Cn1ccc(=O)c2ccccc21)NCC1(c2ccncc2)CCCC1. The molecule has 0 saturated heterocycles. The number of para-hydroxylation sites is 1. The highest BCUT2D eigenvalue weighted by atomic mass is 16.2. The molecule has 1 fully saturated rings. The van der Waals surface area contributed by atoms with Crippen LogP contribution in [0.2, 0.25) is 0 Å². The van der Waals surface area contributed by atoms with Crippen LogP contribution in [0.3, 0.4) is 0 Å². The number of nitrogens with one attached hydrogen (secondary N) is 1. The fraction of sp³-hybridized carbons (Fsp3) is 0.318. The Kier molecular flexibility index (Phi) is 4.75. The first-order valence-electron chi connectivity index (χ1n) is 9.43. The molecule has 1 aliphatic rings. The van der Waals surface area contributed by atoms with Gasteiger partial charge < -0.3 is 9.88 Å². The van der Waals surface area contributed by atoms with Gasteiger partial charge in [-0.1, -0.05) is 25.0 Å². The first-order valence-corrected chi connectivity index (χ1v) is 9.43. The third-order valence-electron chi connectivity index (χ3n) is 5.68. The number of aromatic nitrogens is 2. The topological polar surface area (TPSA) is 64.0 Å². The first-order chi connectivity index (χ1) is 13.2. The lowest BCUT2D eigenvalue weighted by atomic mass is 9.79. The highest BCUT2D eigenvalue weighted by Gasteiger charge is 2.35. The van der Waals surface area contributed by atoms with Crippen molar-refractivity contribution in [3.63, 3.8) is 0 Å². The Morgan fingerprint density at radius 3 is 2.59 bits per heavy atom. The van der Waals surface area contributed by atoms with Gasteiger partial charge >= 0.3 is 0 Å². The van der Waals surface area contributed by atoms with E-state index >= 15 is 0 Å². The molecule has 0 spiro atoms. The van der Waals surface area contributed by atoms with Crippen molar-refractivity contribution in [2.75, 3.05) is 6.54 Å². The van der Waals surface area contributed by atoms with Crippen molar-refractivity contribution in [3.05, 3.63) is 76.8 Å². The van der Waals surface area contributed by atoms with Crippen molar-refractivity contribution < 1.29 is 4.79 Å². The molecule has 1 amide bonds. The standard InChI is InChI=1S/C22H23N3O2/c26-20-9-14-25(19-6-2-1-5-18(19)20)15-21(27)24-16-22(10-3-4-11-22)17-7-12-23-13-8-17/h1-2,5-9,12-14H,3-4,10-11,15-16H2,(H,24,27). The molecule has 5 nitrogen and oxygen atoms in total. The number of benzene rings is 1. The summed E-state index contributed by atoms with van der Waals surface area (Å²) in [7, 11) is 0. The maximum absolute atomic E-state index is 12.6. The molecule has 2 aromatic heterocycles. The summed E-state index contributed by atoms with van der Waals surface area (Å²) in [6.45, 7) is 0.835. The molecule has 1 saturated carbocycles. The Hall–Kier alpha value is -2.95. The van der Waals surface area contributed by atoms with Crippen molar-refractivity contribution in [3.8, 4) is 0 Å². The van der Waals surface area contributed by atoms with E-state index in [1.54, 1.807) is 12.3 Å². The van der Waals surface area contributed by atoms with Gasteiger partial charge in [0.25, 0.3) is 0 Å². The normalized spacial score (nSPS) is 15.7. The second-order valence-corrected chi connectivity index (χ2v) is 7.33. The van der Waals surface area contributed by atoms with Gasteiger partial charge in [-0.25, -0.2) is 0 Å². The van der Waals surface area contributed by atoms with Crippen molar-refractivity contribution in [1.29, 1.82) is 0 Å². The van der Waals surface area contributed by atoms with Crippen LogP contribution in [0.25, 0.3) is 10.9 Å². The largest absolute Gasteiger partial charge is 0.354 e. The smallest absolute Gasteiger partial charge is 0.239 e. The summed E-state index contributed by atoms with van der Waals surface area (Å²) in [5.41, 5.74) is 2.02. The molecule has 1 aromatic carbocycles. The van der Waals surface area contributed by atoms with Crippen molar-refractivity contribution in [2.45, 2.75) is 37.6 Å². The van der Waals surface area contributed by atoms with E-state index in [-0.39, 0.29) is 23.3 Å².